The Kier molecular flexibility index (Phi) is 4.36. The van der Waals surface area contributed by atoms with Crippen LogP contribution in [-0.4, -0.2) is 35.9 Å². The molecule has 0 fully saturated rings. The first-order valence-corrected chi connectivity index (χ1v) is 4.36. The lowest BCUT2D eigenvalue weighted by Crippen LogP contribution is -2.46. The van der Waals surface area contributed by atoms with E-state index in [0.29, 0.717) is 0 Å². The number of hydrogen-bond donors (Lipinski definition) is 2. The highest BCUT2D eigenvalue weighted by atomic mass is 16.5. The molecule has 0 aromatic rings. The van der Waals surface area contributed by atoms with Crippen molar-refractivity contribution in [1.82, 2.24) is 5.32 Å². The van der Waals surface area contributed by atoms with Crippen molar-refractivity contribution in [3.05, 3.63) is 0 Å². The van der Waals surface area contributed by atoms with Gasteiger partial charge in [0.25, 0.3) is 0 Å². The van der Waals surface area contributed by atoms with Gasteiger partial charge in [0, 0.05) is 0 Å². The minimum absolute atomic E-state index is 0.316. The van der Waals surface area contributed by atoms with E-state index in [1.54, 1.807) is 14.0 Å². The van der Waals surface area contributed by atoms with Gasteiger partial charge in [0.15, 0.2) is 0 Å². The first-order chi connectivity index (χ1) is 5.78. The Morgan fingerprint density at radius 3 is 2.15 bits per heavy atom. The molecule has 0 heterocycles. The van der Waals surface area contributed by atoms with Gasteiger partial charge in [-0.15, -0.1) is 0 Å². The lowest BCUT2D eigenvalue weighted by molar-refractivity contribution is -0.147. The van der Waals surface area contributed by atoms with Gasteiger partial charge in [-0.3, -0.25) is 4.79 Å². The highest BCUT2D eigenvalue weighted by Crippen LogP contribution is 2.12. The molecule has 0 amide bonds. The molecule has 0 saturated heterocycles. The monoisotopic (exact) mass is 189 g/mol. The van der Waals surface area contributed by atoms with E-state index in [9.17, 15) is 4.79 Å². The Labute approximate surface area is 79.3 Å². The highest BCUT2D eigenvalue weighted by molar-refractivity contribution is 5.74. The molecule has 0 aromatic heterocycles. The third-order valence-electron chi connectivity index (χ3n) is 1.59. The van der Waals surface area contributed by atoms with Crippen molar-refractivity contribution in [2.75, 3.05) is 7.05 Å². The Balaban J connectivity index is 4.22. The third kappa shape index (κ3) is 4.85. The van der Waals surface area contributed by atoms with Crippen LogP contribution >= 0.6 is 0 Å². The summed E-state index contributed by atoms with van der Waals surface area (Å²) in [6, 6.07) is -0.653. The van der Waals surface area contributed by atoms with Gasteiger partial charge in [-0.2, -0.15) is 0 Å². The van der Waals surface area contributed by atoms with E-state index in [4.69, 9.17) is 9.84 Å². The van der Waals surface area contributed by atoms with Crippen LogP contribution in [0, 0.1) is 0 Å². The summed E-state index contributed by atoms with van der Waals surface area (Å²) < 4.78 is 5.51. The van der Waals surface area contributed by atoms with Crippen molar-refractivity contribution >= 4 is 5.97 Å². The molecule has 0 unspecified atom stereocenters. The molecule has 13 heavy (non-hydrogen) atoms. The maximum absolute atomic E-state index is 10.7. The Morgan fingerprint density at radius 2 is 1.92 bits per heavy atom. The molecule has 0 bridgehead atoms. The Morgan fingerprint density at radius 1 is 1.46 bits per heavy atom. The second-order valence-corrected chi connectivity index (χ2v) is 4.04. The molecule has 2 atom stereocenters. The molecule has 0 aromatic carbocycles. The smallest absolute Gasteiger partial charge is 0.323 e. The molecule has 0 rings (SSSR count). The van der Waals surface area contributed by atoms with Crippen LogP contribution in [0.25, 0.3) is 0 Å². The van der Waals surface area contributed by atoms with Crippen LogP contribution in [-0.2, 0) is 9.53 Å². The van der Waals surface area contributed by atoms with E-state index in [2.05, 4.69) is 5.32 Å². The predicted octanol–water partition coefficient (Wildman–Crippen LogP) is 0.863. The van der Waals surface area contributed by atoms with Gasteiger partial charge >= 0.3 is 5.97 Å². The number of carboxylic acids is 1. The molecule has 0 aliphatic heterocycles. The molecule has 4 nitrogen and oxygen atoms in total. The fraction of sp³-hybridized carbons (Fsp3) is 0.889. The summed E-state index contributed by atoms with van der Waals surface area (Å²) in [5.41, 5.74) is -0.316. The highest BCUT2D eigenvalue weighted by Gasteiger charge is 2.27. The molecule has 0 radical (unpaired) electrons. The van der Waals surface area contributed by atoms with Gasteiger partial charge in [-0.25, -0.2) is 0 Å². The average molecular weight is 189 g/mol. The number of ether oxygens (including phenoxy) is 1. The summed E-state index contributed by atoms with van der Waals surface area (Å²) in [5.74, 6) is -0.890. The summed E-state index contributed by atoms with van der Waals surface area (Å²) in [6.45, 7) is 7.45. The van der Waals surface area contributed by atoms with Crippen molar-refractivity contribution in [2.24, 2.45) is 0 Å². The first kappa shape index (κ1) is 12.4. The zero-order valence-corrected chi connectivity index (χ0v) is 8.92. The Hall–Kier alpha value is -0.610. The molecule has 0 aliphatic carbocycles. The maximum Gasteiger partial charge on any atom is 0.323 e. The minimum atomic E-state index is -0.890. The van der Waals surface area contributed by atoms with Crippen LogP contribution in [0.15, 0.2) is 0 Å². The van der Waals surface area contributed by atoms with Gasteiger partial charge in [0.05, 0.1) is 11.7 Å². The van der Waals surface area contributed by atoms with Crippen LogP contribution in [0.5, 0.6) is 0 Å². The fourth-order valence-corrected chi connectivity index (χ4v) is 1.18. The number of carbonyl (C=O) groups is 1. The second-order valence-electron chi connectivity index (χ2n) is 4.04. The lowest BCUT2D eigenvalue weighted by atomic mass is 10.1. The quantitative estimate of drug-likeness (QED) is 0.688. The van der Waals surface area contributed by atoms with Crippen molar-refractivity contribution in [3.8, 4) is 0 Å². The SMILES string of the molecule is CN[C@@H](C(=O)O)[C@H](C)OC(C)(C)C. The van der Waals surface area contributed by atoms with Crippen LogP contribution < -0.4 is 5.32 Å². The molecular weight excluding hydrogens is 170 g/mol. The normalized spacial score (nSPS) is 16.7. The third-order valence-corrected chi connectivity index (χ3v) is 1.59. The van der Waals surface area contributed by atoms with E-state index in [1.807, 2.05) is 20.8 Å². The van der Waals surface area contributed by atoms with Crippen LogP contribution in [0.4, 0.5) is 0 Å². The van der Waals surface area contributed by atoms with Crippen molar-refractivity contribution in [1.29, 1.82) is 0 Å². The minimum Gasteiger partial charge on any atom is -0.480 e. The number of aliphatic carboxylic acids is 1. The van der Waals surface area contributed by atoms with E-state index in [0.717, 1.165) is 0 Å². The molecule has 0 spiro atoms. The van der Waals surface area contributed by atoms with E-state index < -0.39 is 12.0 Å². The predicted molar refractivity (Wildman–Crippen MR) is 50.8 cm³/mol. The number of carboxylic acid groups (broad SMARTS) is 1. The number of hydrogen-bond acceptors (Lipinski definition) is 3. The van der Waals surface area contributed by atoms with E-state index in [1.165, 1.54) is 0 Å². The van der Waals surface area contributed by atoms with Crippen LogP contribution in [0.3, 0.4) is 0 Å². The lowest BCUT2D eigenvalue weighted by Gasteiger charge is -2.28. The van der Waals surface area contributed by atoms with Gasteiger partial charge < -0.3 is 15.2 Å². The summed E-state index contributed by atoms with van der Waals surface area (Å²) >= 11 is 0. The topological polar surface area (TPSA) is 58.6 Å². The van der Waals surface area contributed by atoms with Gasteiger partial charge in [-0.1, -0.05) is 0 Å². The zero-order chi connectivity index (χ0) is 10.6. The molecule has 0 saturated carbocycles. The summed E-state index contributed by atoms with van der Waals surface area (Å²) in [4.78, 5) is 10.7. The summed E-state index contributed by atoms with van der Waals surface area (Å²) in [5, 5.41) is 11.5. The van der Waals surface area contributed by atoms with Crippen LogP contribution in [0.2, 0.25) is 0 Å². The number of nitrogens with one attached hydrogen (secondary N) is 1. The van der Waals surface area contributed by atoms with Crippen molar-refractivity contribution in [3.63, 3.8) is 0 Å². The van der Waals surface area contributed by atoms with Gasteiger partial charge in [0.1, 0.15) is 6.04 Å². The largest absolute Gasteiger partial charge is 0.480 e. The number of likely N-dealkylation sites (N-methyl/N-ethyl adjacent to an activating group) is 1. The average Bonchev–Trinajstić information content (AvgIpc) is 1.82. The number of rotatable bonds is 4. The molecule has 2 N–H and O–H groups in total. The molecule has 78 valence electrons. The standard InChI is InChI=1S/C9H19NO3/c1-6(13-9(2,3)4)7(10-5)8(11)12/h6-7,10H,1-5H3,(H,11,12)/t6-,7+/m0/s1. The van der Waals surface area contributed by atoms with Gasteiger partial charge in [-0.05, 0) is 34.7 Å². The second kappa shape index (κ2) is 4.58. The molecular formula is C9H19NO3. The van der Waals surface area contributed by atoms with Gasteiger partial charge in [0.2, 0.25) is 0 Å². The van der Waals surface area contributed by atoms with E-state index >= 15 is 0 Å². The first-order valence-electron chi connectivity index (χ1n) is 4.36. The van der Waals surface area contributed by atoms with Crippen molar-refractivity contribution < 1.29 is 14.6 Å². The zero-order valence-electron chi connectivity index (χ0n) is 8.92. The van der Waals surface area contributed by atoms with E-state index in [-0.39, 0.29) is 11.7 Å². The fourth-order valence-electron chi connectivity index (χ4n) is 1.18. The molecule has 0 aliphatic rings. The van der Waals surface area contributed by atoms with Crippen molar-refractivity contribution in [2.45, 2.75) is 45.4 Å². The summed E-state index contributed by atoms with van der Waals surface area (Å²) in [6.07, 6.45) is -0.345. The van der Waals surface area contributed by atoms with Crippen LogP contribution in [0.1, 0.15) is 27.7 Å². The molecule has 4 heteroatoms. The maximum atomic E-state index is 10.7. The summed E-state index contributed by atoms with van der Waals surface area (Å²) in [7, 11) is 1.61. The Bertz CT molecular complexity index is 174.